The second-order valence-corrected chi connectivity index (χ2v) is 3.18. The van der Waals surface area contributed by atoms with E-state index >= 15 is 0 Å². The van der Waals surface area contributed by atoms with Crippen molar-refractivity contribution in [3.8, 4) is 0 Å². The molecule has 0 aromatic rings. The molecule has 0 spiro atoms. The molecule has 8 heavy (non-hydrogen) atoms. The molecular weight excluding hydrogens is 192 g/mol. The fourth-order valence-corrected chi connectivity index (χ4v) is 1.34. The van der Waals surface area contributed by atoms with Gasteiger partial charge in [-0.05, 0) is 0 Å². The molecule has 0 saturated carbocycles. The van der Waals surface area contributed by atoms with Gasteiger partial charge in [0.05, 0.1) is 0 Å². The summed E-state index contributed by atoms with van der Waals surface area (Å²) in [5.41, 5.74) is 0. The second-order valence-electron chi connectivity index (χ2n) is 1.02. The Morgan fingerprint density at radius 1 is 1.25 bits per heavy atom. The van der Waals surface area contributed by atoms with Gasteiger partial charge >= 0.3 is 55.3 Å². The van der Waals surface area contributed by atoms with Crippen LogP contribution in [0.25, 0.3) is 0 Å². The van der Waals surface area contributed by atoms with Crippen LogP contribution in [0.5, 0.6) is 0 Å². The topological polar surface area (TPSA) is 35.5 Å². The van der Waals surface area contributed by atoms with Gasteiger partial charge in [0, 0.05) is 0 Å². The van der Waals surface area contributed by atoms with E-state index in [-0.39, 0.29) is 0 Å². The first-order valence-electron chi connectivity index (χ1n) is 2.49. The van der Waals surface area contributed by atoms with E-state index in [4.69, 9.17) is 0 Å². The number of hydrogen-bond acceptors (Lipinski definition) is 3. The molecule has 0 radical (unpaired) electrons. The molecule has 0 aliphatic carbocycles. The average molecular weight is 202 g/mol. The molecule has 0 atom stereocenters. The number of rotatable bonds is 4. The molecule has 0 aliphatic heterocycles. The molecule has 0 rings (SSSR count). The minimum atomic E-state index is -2.71. The van der Waals surface area contributed by atoms with Crippen molar-refractivity contribution in [1.82, 2.24) is 0 Å². The second kappa shape index (κ2) is 5.54. The summed E-state index contributed by atoms with van der Waals surface area (Å²) in [6.07, 6.45) is 0. The van der Waals surface area contributed by atoms with Gasteiger partial charge in [-0.15, -0.1) is 0 Å². The Kier molecular flexibility index (Phi) is 5.83. The van der Waals surface area contributed by atoms with E-state index in [1.807, 2.05) is 0 Å². The van der Waals surface area contributed by atoms with E-state index in [1.165, 1.54) is 0 Å². The predicted molar refractivity (Wildman–Crippen MR) is 23.9 cm³/mol. The molecule has 0 aromatic carbocycles. The van der Waals surface area contributed by atoms with Crippen molar-refractivity contribution in [2.45, 2.75) is 13.8 Å². The molecule has 50 valence electrons. The summed E-state index contributed by atoms with van der Waals surface area (Å²) in [5, 5.41) is 0. The summed E-state index contributed by atoms with van der Waals surface area (Å²) in [6.45, 7) is 4.57. The third kappa shape index (κ3) is 4.56. The van der Waals surface area contributed by atoms with E-state index in [0.717, 1.165) is 0 Å². The van der Waals surface area contributed by atoms with Gasteiger partial charge in [0.25, 0.3) is 0 Å². The van der Waals surface area contributed by atoms with Crippen molar-refractivity contribution in [1.29, 1.82) is 0 Å². The van der Waals surface area contributed by atoms with Gasteiger partial charge in [-0.2, -0.15) is 0 Å². The van der Waals surface area contributed by atoms with Gasteiger partial charge in [-0.25, -0.2) is 0 Å². The van der Waals surface area contributed by atoms with Gasteiger partial charge in [-0.3, -0.25) is 0 Å². The first kappa shape index (κ1) is 8.41. The predicted octanol–water partition coefficient (Wildman–Crippen LogP) is 0.853. The Balaban J connectivity index is 3.06. The summed E-state index contributed by atoms with van der Waals surface area (Å²) in [6, 6.07) is 0. The standard InChI is InChI=1S/2C2H5O.Mo.O/c2*1-2-3;;/h2*2H2,1H3;;/q2*-1;+2;. The van der Waals surface area contributed by atoms with Crippen molar-refractivity contribution in [3.05, 3.63) is 0 Å². The van der Waals surface area contributed by atoms with Crippen LogP contribution in [0.1, 0.15) is 13.8 Å². The van der Waals surface area contributed by atoms with Crippen LogP contribution in [0, 0.1) is 0 Å². The van der Waals surface area contributed by atoms with E-state index in [9.17, 15) is 3.40 Å². The molecule has 3 nitrogen and oxygen atoms in total. The molecule has 0 aliphatic rings. The van der Waals surface area contributed by atoms with Crippen LogP contribution in [0.2, 0.25) is 0 Å². The molecule has 0 N–H and O–H groups in total. The van der Waals surface area contributed by atoms with Gasteiger partial charge in [0.2, 0.25) is 0 Å². The normalized spacial score (nSPS) is 10.4. The number of hydrogen-bond donors (Lipinski definition) is 0. The molecule has 0 amide bonds. The summed E-state index contributed by atoms with van der Waals surface area (Å²) in [7, 11) is 0. The van der Waals surface area contributed by atoms with Crippen LogP contribution >= 0.6 is 0 Å². The van der Waals surface area contributed by atoms with Gasteiger partial charge in [-0.1, -0.05) is 0 Å². The van der Waals surface area contributed by atoms with Crippen LogP contribution in [0.3, 0.4) is 0 Å². The Labute approximate surface area is 55.8 Å². The van der Waals surface area contributed by atoms with E-state index < -0.39 is 18.0 Å². The molecule has 0 aromatic heterocycles. The summed E-state index contributed by atoms with van der Waals surface area (Å²) >= 11 is -2.71. The SMILES string of the molecule is CC[O][Mo](=[O])[O]CC. The first-order valence-corrected chi connectivity index (χ1v) is 4.95. The van der Waals surface area contributed by atoms with Gasteiger partial charge in [0.1, 0.15) is 0 Å². The van der Waals surface area contributed by atoms with Gasteiger partial charge in [0.15, 0.2) is 0 Å². The molecule has 0 unspecified atom stereocenters. The third-order valence-corrected chi connectivity index (χ3v) is 2.53. The zero-order valence-electron chi connectivity index (χ0n) is 5.05. The van der Waals surface area contributed by atoms with E-state index in [1.54, 1.807) is 13.8 Å². The summed E-state index contributed by atoms with van der Waals surface area (Å²) in [4.78, 5) is 0. The average Bonchev–Trinajstić information content (AvgIpc) is 1.68. The van der Waals surface area contributed by atoms with Crippen LogP contribution in [0.15, 0.2) is 0 Å². The molecule has 0 saturated heterocycles. The Morgan fingerprint density at radius 2 is 1.62 bits per heavy atom. The molecule has 0 fully saturated rings. The quantitative estimate of drug-likeness (QED) is 0.634. The van der Waals surface area contributed by atoms with Crippen molar-refractivity contribution in [2.24, 2.45) is 0 Å². The maximum atomic E-state index is 10.5. The zero-order chi connectivity index (χ0) is 6.41. The third-order valence-electron chi connectivity index (χ3n) is 0.428. The molecule has 4 heteroatoms. The Bertz CT molecular complexity index is 65.7. The maximum absolute atomic E-state index is 10.5. The van der Waals surface area contributed by atoms with Crippen molar-refractivity contribution >= 4 is 0 Å². The molecular formula is C4H10MoO3. The zero-order valence-corrected chi connectivity index (χ0v) is 7.05. The van der Waals surface area contributed by atoms with Crippen LogP contribution in [0.4, 0.5) is 0 Å². The monoisotopic (exact) mass is 204 g/mol. The van der Waals surface area contributed by atoms with Crippen molar-refractivity contribution in [2.75, 3.05) is 13.2 Å². The summed E-state index contributed by atoms with van der Waals surface area (Å²) in [5.74, 6) is 0. The molecule has 0 heterocycles. The summed E-state index contributed by atoms with van der Waals surface area (Å²) < 4.78 is 19.8. The molecule has 0 bridgehead atoms. The van der Waals surface area contributed by atoms with Gasteiger partial charge < -0.3 is 0 Å². The Hall–Kier alpha value is 0.408. The minimum absolute atomic E-state index is 0.486. The Morgan fingerprint density at radius 3 is 1.88 bits per heavy atom. The van der Waals surface area contributed by atoms with Crippen LogP contribution in [-0.2, 0) is 28.2 Å². The van der Waals surface area contributed by atoms with Crippen molar-refractivity contribution in [3.63, 3.8) is 0 Å². The van der Waals surface area contributed by atoms with Crippen LogP contribution in [-0.4, -0.2) is 13.2 Å². The first-order chi connectivity index (χ1) is 3.81. The van der Waals surface area contributed by atoms with E-state index in [2.05, 4.69) is 6.78 Å². The van der Waals surface area contributed by atoms with Crippen LogP contribution < -0.4 is 0 Å². The van der Waals surface area contributed by atoms with E-state index in [0.29, 0.717) is 13.2 Å². The fraction of sp³-hybridized carbons (Fsp3) is 1.00. The van der Waals surface area contributed by atoms with Crippen molar-refractivity contribution < 1.29 is 28.2 Å². The fourth-order valence-electron chi connectivity index (χ4n) is 0.226.